The molecule has 1 aromatic rings. The Bertz CT molecular complexity index is 383. The van der Waals surface area contributed by atoms with Crippen LogP contribution in [0.2, 0.25) is 0 Å². The minimum atomic E-state index is -0.0287. The zero-order chi connectivity index (χ0) is 16.8. The van der Waals surface area contributed by atoms with Gasteiger partial charge < -0.3 is 18.9 Å². The molecule has 1 rings (SSSR count). The molecule has 0 aromatic heterocycles. The van der Waals surface area contributed by atoms with Gasteiger partial charge in [0.2, 0.25) is 0 Å². The number of hydrogen-bond donors (Lipinski definition) is 0. The third-order valence-corrected chi connectivity index (χ3v) is 3.60. The maximum atomic E-state index is 5.81. The molecule has 0 heterocycles. The van der Waals surface area contributed by atoms with Gasteiger partial charge in [0.05, 0.1) is 13.2 Å². The molecular weight excluding hydrogens is 312 g/mol. The monoisotopic (exact) mass is 342 g/mol. The fraction of sp³-hybridized carbons (Fsp3) is 0.667. The zero-order valence-corrected chi connectivity index (χ0v) is 15.4. The van der Waals surface area contributed by atoms with Gasteiger partial charge >= 0.3 is 0 Å². The first kappa shape index (κ1) is 20.1. The third kappa shape index (κ3) is 9.74. The molecule has 23 heavy (non-hydrogen) atoms. The average Bonchev–Trinajstić information content (AvgIpc) is 2.58. The molecule has 0 saturated heterocycles. The Hall–Kier alpha value is -0.910. The molecule has 0 aliphatic rings. The van der Waals surface area contributed by atoms with Crippen LogP contribution in [0, 0.1) is 0 Å². The van der Waals surface area contributed by atoms with Crippen molar-refractivity contribution < 1.29 is 18.9 Å². The van der Waals surface area contributed by atoms with Crippen molar-refractivity contribution in [1.29, 1.82) is 0 Å². The highest BCUT2D eigenvalue weighted by atomic mass is 32.2. The van der Waals surface area contributed by atoms with Crippen LogP contribution in [0.5, 0.6) is 11.5 Å². The molecule has 0 spiro atoms. The molecule has 0 N–H and O–H groups in total. The first-order chi connectivity index (χ1) is 11.3. The van der Waals surface area contributed by atoms with E-state index in [9.17, 15) is 0 Å². The first-order valence-electron chi connectivity index (χ1n) is 8.34. The standard InChI is InChI=1S/C18H30O4S/c1-4-10-19-14-18(20-11-5-2)15-22-17-8-6-16(7-9-17)21-12-13-23-3/h6-9,18H,4-5,10-15H2,1-3H3. The number of ether oxygens (including phenoxy) is 4. The van der Waals surface area contributed by atoms with Gasteiger partial charge in [-0.05, 0) is 43.4 Å². The average molecular weight is 343 g/mol. The topological polar surface area (TPSA) is 36.9 Å². The lowest BCUT2D eigenvalue weighted by Gasteiger charge is -2.18. The van der Waals surface area contributed by atoms with Crippen LogP contribution in [-0.4, -0.2) is 51.1 Å². The van der Waals surface area contributed by atoms with E-state index in [4.69, 9.17) is 18.9 Å². The molecule has 1 unspecified atom stereocenters. The molecule has 0 radical (unpaired) electrons. The summed E-state index contributed by atoms with van der Waals surface area (Å²) >= 11 is 1.77. The number of benzene rings is 1. The van der Waals surface area contributed by atoms with E-state index >= 15 is 0 Å². The maximum absolute atomic E-state index is 5.81. The zero-order valence-electron chi connectivity index (χ0n) is 14.6. The Morgan fingerprint density at radius 2 is 1.52 bits per heavy atom. The fourth-order valence-electron chi connectivity index (χ4n) is 1.85. The van der Waals surface area contributed by atoms with Gasteiger partial charge in [0, 0.05) is 19.0 Å². The van der Waals surface area contributed by atoms with Crippen LogP contribution < -0.4 is 9.47 Å². The summed E-state index contributed by atoms with van der Waals surface area (Å²) in [6, 6.07) is 7.73. The molecule has 0 fully saturated rings. The predicted molar refractivity (Wildman–Crippen MR) is 97.0 cm³/mol. The van der Waals surface area contributed by atoms with E-state index in [1.807, 2.05) is 24.3 Å². The van der Waals surface area contributed by atoms with Crippen LogP contribution in [-0.2, 0) is 9.47 Å². The van der Waals surface area contributed by atoms with Gasteiger partial charge in [-0.15, -0.1) is 0 Å². The lowest BCUT2D eigenvalue weighted by molar-refractivity contribution is -0.0369. The molecule has 0 bridgehead atoms. The van der Waals surface area contributed by atoms with Crippen molar-refractivity contribution in [2.45, 2.75) is 32.8 Å². The molecular formula is C18H30O4S. The maximum Gasteiger partial charge on any atom is 0.119 e. The van der Waals surface area contributed by atoms with Gasteiger partial charge in [0.1, 0.15) is 24.2 Å². The van der Waals surface area contributed by atoms with Crippen molar-refractivity contribution in [2.24, 2.45) is 0 Å². The lowest BCUT2D eigenvalue weighted by Crippen LogP contribution is -2.27. The highest BCUT2D eigenvalue weighted by Crippen LogP contribution is 2.18. The second-order valence-corrected chi connectivity index (χ2v) is 6.18. The Labute approximate surface area is 144 Å². The summed E-state index contributed by atoms with van der Waals surface area (Å²) in [6.07, 6.45) is 4.05. The Balaban J connectivity index is 2.36. The van der Waals surface area contributed by atoms with Gasteiger partial charge in [0.25, 0.3) is 0 Å². The normalized spacial score (nSPS) is 12.1. The molecule has 0 aliphatic heterocycles. The third-order valence-electron chi connectivity index (χ3n) is 3.03. The molecule has 0 aliphatic carbocycles. The molecule has 1 atom stereocenters. The summed E-state index contributed by atoms with van der Waals surface area (Å²) in [5.41, 5.74) is 0. The molecule has 1 aromatic carbocycles. The minimum absolute atomic E-state index is 0.0287. The Morgan fingerprint density at radius 1 is 0.870 bits per heavy atom. The van der Waals surface area contributed by atoms with Crippen molar-refractivity contribution in [2.75, 3.05) is 45.0 Å². The van der Waals surface area contributed by atoms with Gasteiger partial charge in [-0.3, -0.25) is 0 Å². The van der Waals surface area contributed by atoms with E-state index < -0.39 is 0 Å². The van der Waals surface area contributed by atoms with E-state index in [-0.39, 0.29) is 6.10 Å². The van der Waals surface area contributed by atoms with Crippen LogP contribution in [0.4, 0.5) is 0 Å². The van der Waals surface area contributed by atoms with Crippen LogP contribution in [0.1, 0.15) is 26.7 Å². The SMILES string of the molecule is CCCOCC(COc1ccc(OCCSC)cc1)OCCC. The predicted octanol–water partition coefficient (Wildman–Crippen LogP) is 4.03. The minimum Gasteiger partial charge on any atom is -0.493 e. The van der Waals surface area contributed by atoms with E-state index in [2.05, 4.69) is 20.1 Å². The summed E-state index contributed by atoms with van der Waals surface area (Å²) in [6.45, 7) is 7.48. The van der Waals surface area contributed by atoms with Crippen LogP contribution in [0.3, 0.4) is 0 Å². The lowest BCUT2D eigenvalue weighted by atomic mass is 10.3. The van der Waals surface area contributed by atoms with Gasteiger partial charge in [-0.1, -0.05) is 13.8 Å². The van der Waals surface area contributed by atoms with Gasteiger partial charge in [0.15, 0.2) is 0 Å². The first-order valence-corrected chi connectivity index (χ1v) is 9.73. The summed E-state index contributed by atoms with van der Waals surface area (Å²) in [4.78, 5) is 0. The summed E-state index contributed by atoms with van der Waals surface area (Å²) < 4.78 is 22.8. The van der Waals surface area contributed by atoms with Crippen LogP contribution in [0.25, 0.3) is 0 Å². The van der Waals surface area contributed by atoms with E-state index in [0.29, 0.717) is 13.2 Å². The summed E-state index contributed by atoms with van der Waals surface area (Å²) in [5, 5.41) is 0. The number of hydrogen-bond acceptors (Lipinski definition) is 5. The second kappa shape index (κ2) is 13.5. The number of thioether (sulfide) groups is 1. The Morgan fingerprint density at radius 3 is 2.13 bits per heavy atom. The number of rotatable bonds is 14. The van der Waals surface area contributed by atoms with Crippen molar-refractivity contribution in [1.82, 2.24) is 0 Å². The van der Waals surface area contributed by atoms with E-state index in [1.54, 1.807) is 11.8 Å². The largest absolute Gasteiger partial charge is 0.493 e. The highest BCUT2D eigenvalue weighted by Gasteiger charge is 2.10. The smallest absolute Gasteiger partial charge is 0.119 e. The quantitative estimate of drug-likeness (QED) is 0.477. The molecule has 4 nitrogen and oxygen atoms in total. The summed E-state index contributed by atoms with van der Waals surface area (Å²) in [7, 11) is 0. The van der Waals surface area contributed by atoms with Crippen molar-refractivity contribution in [3.05, 3.63) is 24.3 Å². The second-order valence-electron chi connectivity index (χ2n) is 5.19. The fourth-order valence-corrected chi connectivity index (χ4v) is 2.10. The van der Waals surface area contributed by atoms with Crippen molar-refractivity contribution in [3.8, 4) is 11.5 Å². The highest BCUT2D eigenvalue weighted by molar-refractivity contribution is 7.98. The van der Waals surface area contributed by atoms with Crippen molar-refractivity contribution >= 4 is 11.8 Å². The molecule has 0 saturated carbocycles. The van der Waals surface area contributed by atoms with E-state index in [0.717, 1.165) is 49.9 Å². The van der Waals surface area contributed by atoms with Crippen molar-refractivity contribution in [3.63, 3.8) is 0 Å². The van der Waals surface area contributed by atoms with E-state index in [1.165, 1.54) is 0 Å². The molecule has 5 heteroatoms. The summed E-state index contributed by atoms with van der Waals surface area (Å²) in [5.74, 6) is 2.69. The van der Waals surface area contributed by atoms with Crippen LogP contribution in [0.15, 0.2) is 24.3 Å². The molecule has 132 valence electrons. The van der Waals surface area contributed by atoms with Crippen LogP contribution >= 0.6 is 11.8 Å². The molecule has 0 amide bonds. The van der Waals surface area contributed by atoms with Gasteiger partial charge in [-0.25, -0.2) is 0 Å². The Kier molecular flexibility index (Phi) is 11.8. The van der Waals surface area contributed by atoms with Gasteiger partial charge in [-0.2, -0.15) is 11.8 Å².